The van der Waals surface area contributed by atoms with Gasteiger partial charge in [-0.25, -0.2) is 9.50 Å². The molecule has 0 aliphatic carbocycles. The van der Waals surface area contributed by atoms with E-state index < -0.39 is 6.04 Å². The zero-order valence-electron chi connectivity index (χ0n) is 12.6. The third kappa shape index (κ3) is 3.30. The van der Waals surface area contributed by atoms with Gasteiger partial charge in [-0.2, -0.15) is 0 Å². The van der Waals surface area contributed by atoms with Crippen molar-refractivity contribution in [3.63, 3.8) is 0 Å². The van der Waals surface area contributed by atoms with Gasteiger partial charge in [-0.05, 0) is 5.41 Å². The van der Waals surface area contributed by atoms with Crippen LogP contribution < -0.4 is 10.9 Å². The van der Waals surface area contributed by atoms with Crippen molar-refractivity contribution in [3.8, 4) is 0 Å². The molecule has 2 aromatic heterocycles. The second-order valence-corrected chi connectivity index (χ2v) is 5.94. The van der Waals surface area contributed by atoms with E-state index in [-0.39, 0.29) is 16.9 Å². The van der Waals surface area contributed by atoms with Crippen molar-refractivity contribution in [2.45, 2.75) is 33.4 Å². The Morgan fingerprint density at radius 1 is 1.52 bits per heavy atom. The zero-order chi connectivity index (χ0) is 15.6. The van der Waals surface area contributed by atoms with Gasteiger partial charge in [-0.1, -0.05) is 20.8 Å². The Balaban J connectivity index is 2.19. The number of H-pyrrole nitrogens is 1. The van der Waals surface area contributed by atoms with Gasteiger partial charge in [0.05, 0.1) is 12.8 Å². The molecule has 21 heavy (non-hydrogen) atoms. The Morgan fingerprint density at radius 2 is 2.24 bits per heavy atom. The predicted octanol–water partition coefficient (Wildman–Crippen LogP) is 0.700. The summed E-state index contributed by atoms with van der Waals surface area (Å²) in [4.78, 5) is 28.1. The number of aromatic amines is 1. The van der Waals surface area contributed by atoms with Crippen molar-refractivity contribution < 1.29 is 9.53 Å². The first kappa shape index (κ1) is 15.2. The predicted molar refractivity (Wildman–Crippen MR) is 77.9 cm³/mol. The van der Waals surface area contributed by atoms with Crippen LogP contribution in [0.15, 0.2) is 23.1 Å². The van der Waals surface area contributed by atoms with E-state index in [1.165, 1.54) is 17.7 Å². The quantitative estimate of drug-likeness (QED) is 0.810. The molecule has 2 rings (SSSR count). The van der Waals surface area contributed by atoms with Crippen LogP contribution in [0, 0.1) is 5.41 Å². The molecule has 7 heteroatoms. The molecule has 0 amide bonds. The van der Waals surface area contributed by atoms with E-state index in [9.17, 15) is 9.59 Å². The van der Waals surface area contributed by atoms with Crippen LogP contribution in [0.25, 0.3) is 5.65 Å². The van der Waals surface area contributed by atoms with E-state index in [4.69, 9.17) is 4.74 Å². The molecule has 0 saturated carbocycles. The maximum atomic E-state index is 11.9. The zero-order valence-corrected chi connectivity index (χ0v) is 12.6. The van der Waals surface area contributed by atoms with Crippen LogP contribution in [-0.2, 0) is 16.1 Å². The van der Waals surface area contributed by atoms with E-state index in [1.54, 1.807) is 12.3 Å². The molecule has 0 spiro atoms. The van der Waals surface area contributed by atoms with E-state index >= 15 is 0 Å². The highest BCUT2D eigenvalue weighted by molar-refractivity contribution is 5.76. The molecule has 0 bridgehead atoms. The minimum absolute atomic E-state index is 0.188. The highest BCUT2D eigenvalue weighted by Crippen LogP contribution is 2.20. The Labute approximate surface area is 122 Å². The summed E-state index contributed by atoms with van der Waals surface area (Å²) in [6.45, 7) is 6.14. The number of ether oxygens (including phenoxy) is 1. The molecule has 0 aliphatic heterocycles. The number of hydrogen-bond acceptors (Lipinski definition) is 5. The third-order valence-corrected chi connectivity index (χ3v) is 3.22. The summed E-state index contributed by atoms with van der Waals surface area (Å²) in [7, 11) is 1.36. The Bertz CT molecular complexity index is 696. The first-order valence-corrected chi connectivity index (χ1v) is 6.70. The van der Waals surface area contributed by atoms with Crippen LogP contribution in [-0.4, -0.2) is 33.7 Å². The fourth-order valence-corrected chi connectivity index (χ4v) is 2.14. The van der Waals surface area contributed by atoms with Crippen LogP contribution in [0.4, 0.5) is 0 Å². The second kappa shape index (κ2) is 5.69. The first-order chi connectivity index (χ1) is 9.82. The number of fused-ring (bicyclic) bond motifs is 1. The summed E-state index contributed by atoms with van der Waals surface area (Å²) in [6.07, 6.45) is 1.65. The molecule has 0 fully saturated rings. The maximum Gasteiger partial charge on any atom is 0.323 e. The van der Waals surface area contributed by atoms with Crippen molar-refractivity contribution in [1.82, 2.24) is 19.9 Å². The number of aromatic nitrogens is 3. The summed E-state index contributed by atoms with van der Waals surface area (Å²) in [5, 5.41) is 5.89. The van der Waals surface area contributed by atoms with E-state index in [1.807, 2.05) is 20.8 Å². The topological polar surface area (TPSA) is 88.5 Å². The maximum absolute atomic E-state index is 11.9. The monoisotopic (exact) mass is 292 g/mol. The molecule has 2 heterocycles. The van der Waals surface area contributed by atoms with Crippen molar-refractivity contribution in [2.75, 3.05) is 7.11 Å². The molecular formula is C14H20N4O3. The molecule has 1 unspecified atom stereocenters. The van der Waals surface area contributed by atoms with Crippen molar-refractivity contribution >= 4 is 11.6 Å². The van der Waals surface area contributed by atoms with Gasteiger partial charge < -0.3 is 4.74 Å². The summed E-state index contributed by atoms with van der Waals surface area (Å²) >= 11 is 0. The van der Waals surface area contributed by atoms with E-state index in [0.29, 0.717) is 17.9 Å². The molecular weight excluding hydrogens is 272 g/mol. The molecule has 0 aromatic carbocycles. The van der Waals surface area contributed by atoms with Gasteiger partial charge >= 0.3 is 5.97 Å². The smallest absolute Gasteiger partial charge is 0.323 e. The largest absolute Gasteiger partial charge is 0.468 e. The standard InChI is InChI=1S/C14H20N4O3/c1-14(2,3)12(13(20)21-4)15-8-9-7-11(19)18-10(17-9)5-6-16-18/h5-7,12,15-16H,8H2,1-4H3. The van der Waals surface area contributed by atoms with Crippen LogP contribution >= 0.6 is 0 Å². The number of hydrogen-bond donors (Lipinski definition) is 2. The average molecular weight is 292 g/mol. The minimum atomic E-state index is -0.478. The minimum Gasteiger partial charge on any atom is -0.468 e. The number of nitrogens with zero attached hydrogens (tertiary/aromatic N) is 2. The summed E-state index contributed by atoms with van der Waals surface area (Å²) in [5.74, 6) is -0.332. The van der Waals surface area contributed by atoms with Crippen LogP contribution in [0.1, 0.15) is 26.5 Å². The van der Waals surface area contributed by atoms with Gasteiger partial charge in [-0.15, -0.1) is 0 Å². The molecule has 2 N–H and O–H groups in total. The number of rotatable bonds is 4. The lowest BCUT2D eigenvalue weighted by molar-refractivity contribution is -0.146. The molecule has 2 aromatic rings. The van der Waals surface area contributed by atoms with Crippen LogP contribution in [0.2, 0.25) is 0 Å². The van der Waals surface area contributed by atoms with Gasteiger partial charge in [0.2, 0.25) is 0 Å². The van der Waals surface area contributed by atoms with Gasteiger partial charge in [0.1, 0.15) is 6.04 Å². The molecule has 7 nitrogen and oxygen atoms in total. The lowest BCUT2D eigenvalue weighted by Crippen LogP contribution is -2.47. The summed E-state index contributed by atoms with van der Waals surface area (Å²) in [6, 6.07) is 2.67. The van der Waals surface area contributed by atoms with E-state index in [2.05, 4.69) is 15.4 Å². The normalized spacial score (nSPS) is 13.3. The molecule has 1 atom stereocenters. The van der Waals surface area contributed by atoms with Gasteiger partial charge in [-0.3, -0.25) is 20.0 Å². The lowest BCUT2D eigenvalue weighted by atomic mass is 9.86. The molecule has 0 saturated heterocycles. The van der Waals surface area contributed by atoms with Crippen molar-refractivity contribution in [3.05, 3.63) is 34.4 Å². The summed E-state index contributed by atoms with van der Waals surface area (Å²) < 4.78 is 6.17. The van der Waals surface area contributed by atoms with Gasteiger partial charge in [0.25, 0.3) is 5.56 Å². The first-order valence-electron chi connectivity index (χ1n) is 6.70. The Morgan fingerprint density at radius 3 is 2.86 bits per heavy atom. The molecule has 114 valence electrons. The number of esters is 1. The number of methoxy groups -OCH3 is 1. The fourth-order valence-electron chi connectivity index (χ4n) is 2.14. The number of carbonyl (C=O) groups excluding carboxylic acids is 1. The molecule has 0 radical (unpaired) electrons. The highest BCUT2D eigenvalue weighted by Gasteiger charge is 2.31. The second-order valence-electron chi connectivity index (χ2n) is 5.94. The lowest BCUT2D eigenvalue weighted by Gasteiger charge is -2.29. The number of nitrogens with one attached hydrogen (secondary N) is 2. The van der Waals surface area contributed by atoms with Crippen molar-refractivity contribution in [2.24, 2.45) is 5.41 Å². The van der Waals surface area contributed by atoms with Crippen molar-refractivity contribution in [1.29, 1.82) is 0 Å². The Kier molecular flexibility index (Phi) is 4.13. The number of carbonyl (C=O) groups is 1. The highest BCUT2D eigenvalue weighted by atomic mass is 16.5. The summed E-state index contributed by atoms with van der Waals surface area (Å²) in [5.41, 5.74) is 0.634. The fraction of sp³-hybridized carbons (Fsp3) is 0.500. The van der Waals surface area contributed by atoms with Gasteiger partial charge in [0, 0.05) is 24.9 Å². The van der Waals surface area contributed by atoms with Gasteiger partial charge in [0.15, 0.2) is 5.65 Å². The molecule has 0 aliphatic rings. The van der Waals surface area contributed by atoms with E-state index in [0.717, 1.165) is 0 Å². The van der Waals surface area contributed by atoms with Crippen LogP contribution in [0.3, 0.4) is 0 Å². The van der Waals surface area contributed by atoms with Crippen LogP contribution in [0.5, 0.6) is 0 Å². The third-order valence-electron chi connectivity index (χ3n) is 3.22. The average Bonchev–Trinajstić information content (AvgIpc) is 2.85. The Hall–Kier alpha value is -2.15. The SMILES string of the molecule is COC(=O)C(NCc1cc(=O)n2[nH]ccc2n1)C(C)(C)C.